The number of aromatic nitrogens is 1. The third kappa shape index (κ3) is 2.36. The topological polar surface area (TPSA) is 42.2 Å². The van der Waals surface area contributed by atoms with Crippen molar-refractivity contribution >= 4 is 32.8 Å². The summed E-state index contributed by atoms with van der Waals surface area (Å²) in [5, 5.41) is 9.90. The number of aliphatic carboxylic acids is 1. The van der Waals surface area contributed by atoms with Gasteiger partial charge in [-0.05, 0) is 41.4 Å². The van der Waals surface area contributed by atoms with Gasteiger partial charge in [0, 0.05) is 22.1 Å². The van der Waals surface area contributed by atoms with Gasteiger partial charge in [-0.3, -0.25) is 4.79 Å². The van der Waals surface area contributed by atoms with Crippen LogP contribution in [0.15, 0.2) is 28.7 Å². The number of carboxylic acid groups (broad SMARTS) is 1. The summed E-state index contributed by atoms with van der Waals surface area (Å²) < 4.78 is 3.22. The van der Waals surface area contributed by atoms with Crippen LogP contribution in [-0.4, -0.2) is 15.6 Å². The normalized spacial score (nSPS) is 10.9. The molecule has 1 aromatic heterocycles. The van der Waals surface area contributed by atoms with Gasteiger partial charge < -0.3 is 9.67 Å². The molecule has 17 heavy (non-hydrogen) atoms. The van der Waals surface area contributed by atoms with Crippen LogP contribution in [0, 0.1) is 0 Å². The lowest BCUT2D eigenvalue weighted by Crippen LogP contribution is -2.04. The smallest absolute Gasteiger partial charge is 0.303 e. The average Bonchev–Trinajstić information content (AvgIpc) is 2.65. The van der Waals surface area contributed by atoms with Crippen LogP contribution < -0.4 is 0 Å². The Kier molecular flexibility index (Phi) is 3.52. The molecule has 1 aromatic carbocycles. The number of fused-ring (bicyclic) bond motifs is 1. The van der Waals surface area contributed by atoms with Gasteiger partial charge in [0.1, 0.15) is 0 Å². The van der Waals surface area contributed by atoms with Crippen molar-refractivity contribution in [2.75, 3.05) is 0 Å². The van der Waals surface area contributed by atoms with Crippen molar-refractivity contribution in [3.63, 3.8) is 0 Å². The fourth-order valence-electron chi connectivity index (χ4n) is 2.14. The Balaban J connectivity index is 2.49. The average molecular weight is 296 g/mol. The standard InChI is InChI=1S/C13H14BrNO2/c1-2-15-10(6-7-12(16)17)8-9-4-3-5-11(14)13(9)15/h3-5,8H,2,6-7H2,1H3,(H,16,17). The van der Waals surface area contributed by atoms with Gasteiger partial charge in [-0.2, -0.15) is 0 Å². The van der Waals surface area contributed by atoms with E-state index in [2.05, 4.69) is 39.6 Å². The van der Waals surface area contributed by atoms with Crippen LogP contribution in [0.25, 0.3) is 10.9 Å². The second-order valence-electron chi connectivity index (χ2n) is 3.95. The molecule has 0 radical (unpaired) electrons. The van der Waals surface area contributed by atoms with Gasteiger partial charge in [-0.15, -0.1) is 0 Å². The summed E-state index contributed by atoms with van der Waals surface area (Å²) in [5.41, 5.74) is 2.23. The van der Waals surface area contributed by atoms with Crippen molar-refractivity contribution in [1.29, 1.82) is 0 Å². The number of halogens is 1. The highest BCUT2D eigenvalue weighted by Gasteiger charge is 2.10. The van der Waals surface area contributed by atoms with E-state index < -0.39 is 5.97 Å². The van der Waals surface area contributed by atoms with Crippen molar-refractivity contribution in [1.82, 2.24) is 4.57 Å². The summed E-state index contributed by atoms with van der Waals surface area (Å²) in [7, 11) is 0. The van der Waals surface area contributed by atoms with Crippen LogP contribution in [-0.2, 0) is 17.8 Å². The number of nitrogens with zero attached hydrogens (tertiary/aromatic N) is 1. The summed E-state index contributed by atoms with van der Waals surface area (Å²) in [6, 6.07) is 8.13. The van der Waals surface area contributed by atoms with E-state index in [1.807, 2.05) is 12.1 Å². The Bertz CT molecular complexity index is 560. The number of hydrogen-bond acceptors (Lipinski definition) is 1. The number of benzene rings is 1. The molecular weight excluding hydrogens is 282 g/mol. The Morgan fingerprint density at radius 3 is 2.88 bits per heavy atom. The van der Waals surface area contributed by atoms with Gasteiger partial charge in [0.2, 0.25) is 0 Å². The number of para-hydroxylation sites is 1. The SMILES string of the molecule is CCn1c(CCC(=O)O)cc2cccc(Br)c21. The maximum Gasteiger partial charge on any atom is 0.303 e. The van der Waals surface area contributed by atoms with Crippen molar-refractivity contribution in [3.8, 4) is 0 Å². The molecule has 0 amide bonds. The summed E-state index contributed by atoms with van der Waals surface area (Å²) in [4.78, 5) is 10.6. The van der Waals surface area contributed by atoms with Gasteiger partial charge in [-0.1, -0.05) is 12.1 Å². The second-order valence-corrected chi connectivity index (χ2v) is 4.81. The van der Waals surface area contributed by atoms with E-state index in [-0.39, 0.29) is 6.42 Å². The minimum absolute atomic E-state index is 0.175. The van der Waals surface area contributed by atoms with E-state index in [1.54, 1.807) is 0 Å². The van der Waals surface area contributed by atoms with Gasteiger partial charge >= 0.3 is 5.97 Å². The predicted molar refractivity (Wildman–Crippen MR) is 71.3 cm³/mol. The molecule has 3 nitrogen and oxygen atoms in total. The molecule has 90 valence electrons. The zero-order chi connectivity index (χ0) is 12.4. The van der Waals surface area contributed by atoms with Crippen molar-refractivity contribution in [3.05, 3.63) is 34.4 Å². The van der Waals surface area contributed by atoms with Crippen molar-refractivity contribution in [2.24, 2.45) is 0 Å². The molecule has 0 saturated heterocycles. The molecule has 1 N–H and O–H groups in total. The lowest BCUT2D eigenvalue weighted by atomic mass is 10.2. The number of carboxylic acids is 1. The maximum atomic E-state index is 10.6. The van der Waals surface area contributed by atoms with Crippen molar-refractivity contribution < 1.29 is 9.90 Å². The molecule has 0 spiro atoms. The summed E-state index contributed by atoms with van der Waals surface area (Å²) >= 11 is 3.54. The highest BCUT2D eigenvalue weighted by Crippen LogP contribution is 2.27. The lowest BCUT2D eigenvalue weighted by Gasteiger charge is -2.07. The van der Waals surface area contributed by atoms with Crippen LogP contribution in [0.3, 0.4) is 0 Å². The van der Waals surface area contributed by atoms with Gasteiger partial charge in [-0.25, -0.2) is 0 Å². The Labute approximate surface area is 108 Å². The van der Waals surface area contributed by atoms with Crippen LogP contribution in [0.1, 0.15) is 19.0 Å². The molecule has 0 atom stereocenters. The van der Waals surface area contributed by atoms with E-state index in [4.69, 9.17) is 5.11 Å². The first-order valence-corrected chi connectivity index (χ1v) is 6.41. The number of aryl methyl sites for hydroxylation is 2. The number of hydrogen-bond donors (Lipinski definition) is 1. The molecule has 0 saturated carbocycles. The number of rotatable bonds is 4. The quantitative estimate of drug-likeness (QED) is 0.939. The monoisotopic (exact) mass is 295 g/mol. The molecule has 0 aliphatic carbocycles. The molecule has 2 aromatic rings. The predicted octanol–water partition coefficient (Wildman–Crippen LogP) is 3.44. The third-order valence-electron chi connectivity index (χ3n) is 2.87. The molecular formula is C13H14BrNO2. The molecule has 0 bridgehead atoms. The largest absolute Gasteiger partial charge is 0.481 e. The first-order valence-electron chi connectivity index (χ1n) is 5.62. The summed E-state index contributed by atoms with van der Waals surface area (Å²) in [6.45, 7) is 2.92. The first kappa shape index (κ1) is 12.2. The zero-order valence-electron chi connectivity index (χ0n) is 9.61. The lowest BCUT2D eigenvalue weighted by molar-refractivity contribution is -0.136. The van der Waals surface area contributed by atoms with E-state index in [0.717, 1.165) is 27.6 Å². The van der Waals surface area contributed by atoms with E-state index in [1.165, 1.54) is 0 Å². The molecule has 0 aliphatic rings. The van der Waals surface area contributed by atoms with Crippen molar-refractivity contribution in [2.45, 2.75) is 26.3 Å². The fourth-order valence-corrected chi connectivity index (χ4v) is 2.73. The van der Waals surface area contributed by atoms with Gasteiger partial charge in [0.15, 0.2) is 0 Å². The van der Waals surface area contributed by atoms with Gasteiger partial charge in [0.25, 0.3) is 0 Å². The maximum absolute atomic E-state index is 10.6. The fraction of sp³-hybridized carbons (Fsp3) is 0.308. The van der Waals surface area contributed by atoms with Crippen LogP contribution in [0.2, 0.25) is 0 Å². The Hall–Kier alpha value is -1.29. The second kappa shape index (κ2) is 4.92. The highest BCUT2D eigenvalue weighted by atomic mass is 79.9. The minimum atomic E-state index is -0.753. The minimum Gasteiger partial charge on any atom is -0.481 e. The summed E-state index contributed by atoms with van der Waals surface area (Å²) in [6.07, 6.45) is 0.748. The highest BCUT2D eigenvalue weighted by molar-refractivity contribution is 9.10. The molecule has 0 fully saturated rings. The van der Waals surface area contributed by atoms with Crippen LogP contribution in [0.4, 0.5) is 0 Å². The Morgan fingerprint density at radius 1 is 1.47 bits per heavy atom. The Morgan fingerprint density at radius 2 is 2.24 bits per heavy atom. The van der Waals surface area contributed by atoms with E-state index in [9.17, 15) is 4.79 Å². The first-order chi connectivity index (χ1) is 8.13. The number of carbonyl (C=O) groups is 1. The summed E-state index contributed by atoms with van der Waals surface area (Å²) in [5.74, 6) is -0.753. The van der Waals surface area contributed by atoms with Gasteiger partial charge in [0.05, 0.1) is 11.9 Å². The third-order valence-corrected chi connectivity index (χ3v) is 3.51. The zero-order valence-corrected chi connectivity index (χ0v) is 11.2. The van der Waals surface area contributed by atoms with E-state index in [0.29, 0.717) is 6.42 Å². The molecule has 0 aliphatic heterocycles. The molecule has 0 unspecified atom stereocenters. The van der Waals surface area contributed by atoms with E-state index >= 15 is 0 Å². The molecule has 4 heteroatoms. The van der Waals surface area contributed by atoms with Crippen LogP contribution in [0.5, 0.6) is 0 Å². The van der Waals surface area contributed by atoms with Crippen LogP contribution >= 0.6 is 15.9 Å². The molecule has 1 heterocycles. The molecule has 2 rings (SSSR count).